The third kappa shape index (κ3) is 9.14. The van der Waals surface area contributed by atoms with Crippen molar-refractivity contribution in [1.82, 2.24) is 0 Å². The lowest BCUT2D eigenvalue weighted by Crippen LogP contribution is -2.21. The Morgan fingerprint density at radius 2 is 1.58 bits per heavy atom. The molecule has 2 N–H and O–H groups in total. The molecule has 0 fully saturated rings. The Bertz CT molecular complexity index is 998. The van der Waals surface area contributed by atoms with Crippen molar-refractivity contribution in [2.75, 3.05) is 17.2 Å². The second-order valence-electron chi connectivity index (χ2n) is 7.96. The van der Waals surface area contributed by atoms with Gasteiger partial charge in [-0.05, 0) is 70.0 Å². The van der Waals surface area contributed by atoms with E-state index in [9.17, 15) is 19.2 Å². The van der Waals surface area contributed by atoms with Crippen LogP contribution in [0.3, 0.4) is 0 Å². The number of esters is 2. The van der Waals surface area contributed by atoms with Gasteiger partial charge in [0.2, 0.25) is 5.91 Å². The van der Waals surface area contributed by atoms with Crippen LogP contribution in [0.1, 0.15) is 54.6 Å². The van der Waals surface area contributed by atoms with Crippen molar-refractivity contribution in [3.63, 3.8) is 0 Å². The summed E-state index contributed by atoms with van der Waals surface area (Å²) < 4.78 is 10.1. The van der Waals surface area contributed by atoms with Crippen LogP contribution in [0.4, 0.5) is 11.4 Å². The first-order chi connectivity index (χ1) is 15.6. The fourth-order valence-electron chi connectivity index (χ4n) is 2.95. The maximum absolute atomic E-state index is 12.1. The molecule has 0 saturated carbocycles. The van der Waals surface area contributed by atoms with Crippen LogP contribution in [0.15, 0.2) is 42.5 Å². The third-order valence-corrected chi connectivity index (χ3v) is 4.55. The van der Waals surface area contributed by atoms with E-state index in [0.717, 1.165) is 11.1 Å². The summed E-state index contributed by atoms with van der Waals surface area (Å²) in [5.41, 5.74) is 3.61. The molecule has 2 amide bonds. The topological polar surface area (TPSA) is 111 Å². The van der Waals surface area contributed by atoms with E-state index in [4.69, 9.17) is 9.47 Å². The Labute approximate surface area is 193 Å². The van der Waals surface area contributed by atoms with Crippen molar-refractivity contribution < 1.29 is 28.7 Å². The summed E-state index contributed by atoms with van der Waals surface area (Å²) in [7, 11) is 0. The summed E-state index contributed by atoms with van der Waals surface area (Å²) in [5.74, 6) is -1.67. The molecule has 8 nitrogen and oxygen atoms in total. The Morgan fingerprint density at radius 1 is 0.879 bits per heavy atom. The molecule has 0 saturated heterocycles. The van der Waals surface area contributed by atoms with Gasteiger partial charge in [-0.25, -0.2) is 4.79 Å². The van der Waals surface area contributed by atoms with Crippen LogP contribution in [0, 0.1) is 13.8 Å². The first-order valence-electron chi connectivity index (χ1n) is 10.8. The van der Waals surface area contributed by atoms with Crippen LogP contribution in [0.5, 0.6) is 0 Å². The van der Waals surface area contributed by atoms with Gasteiger partial charge in [-0.15, -0.1) is 0 Å². The second-order valence-corrected chi connectivity index (χ2v) is 7.96. The smallest absolute Gasteiger partial charge is 0.338 e. The second kappa shape index (κ2) is 12.4. The molecule has 8 heteroatoms. The van der Waals surface area contributed by atoms with E-state index in [-0.39, 0.29) is 37.9 Å². The molecule has 0 spiro atoms. The minimum Gasteiger partial charge on any atom is -0.459 e. The lowest BCUT2D eigenvalue weighted by atomic mass is 10.1. The molecule has 176 valence electrons. The zero-order valence-electron chi connectivity index (χ0n) is 19.4. The Balaban J connectivity index is 1.66. The maximum Gasteiger partial charge on any atom is 0.338 e. The number of amides is 2. The molecule has 33 heavy (non-hydrogen) atoms. The summed E-state index contributed by atoms with van der Waals surface area (Å²) in [4.78, 5) is 47.7. The van der Waals surface area contributed by atoms with Crippen LogP contribution in [0.2, 0.25) is 0 Å². The van der Waals surface area contributed by atoms with Crippen molar-refractivity contribution in [3.05, 3.63) is 59.2 Å². The minimum atomic E-state index is -0.549. The normalized spacial score (nSPS) is 10.5. The van der Waals surface area contributed by atoms with Crippen molar-refractivity contribution >= 4 is 35.1 Å². The number of carbonyl (C=O) groups is 4. The first-order valence-corrected chi connectivity index (χ1v) is 10.8. The number of hydrogen-bond donors (Lipinski definition) is 2. The van der Waals surface area contributed by atoms with Gasteiger partial charge in [-0.1, -0.05) is 17.7 Å². The van der Waals surface area contributed by atoms with Gasteiger partial charge in [0.1, 0.15) is 0 Å². The van der Waals surface area contributed by atoms with Crippen LogP contribution >= 0.6 is 0 Å². The zero-order valence-corrected chi connectivity index (χ0v) is 19.4. The van der Waals surface area contributed by atoms with Crippen LogP contribution < -0.4 is 10.6 Å². The number of benzene rings is 2. The molecule has 0 aromatic heterocycles. The minimum absolute atomic E-state index is 0.0181. The number of aryl methyl sites for hydroxylation is 2. The molecule has 0 bridgehead atoms. The van der Waals surface area contributed by atoms with Gasteiger partial charge in [-0.2, -0.15) is 0 Å². The molecule has 2 rings (SSSR count). The molecule has 0 atom stereocenters. The predicted octanol–water partition coefficient (Wildman–Crippen LogP) is 4.16. The highest BCUT2D eigenvalue weighted by molar-refractivity contribution is 5.94. The monoisotopic (exact) mass is 454 g/mol. The lowest BCUT2D eigenvalue weighted by Gasteiger charge is -2.10. The number of anilines is 2. The predicted molar refractivity (Wildman–Crippen MR) is 125 cm³/mol. The highest BCUT2D eigenvalue weighted by Crippen LogP contribution is 2.16. The fraction of sp³-hybridized carbons (Fsp3) is 0.360. The van der Waals surface area contributed by atoms with Gasteiger partial charge in [0.15, 0.2) is 6.61 Å². The summed E-state index contributed by atoms with van der Waals surface area (Å²) in [6.07, 6.45) is 0.197. The van der Waals surface area contributed by atoms with E-state index in [0.29, 0.717) is 16.9 Å². The summed E-state index contributed by atoms with van der Waals surface area (Å²) in [6.45, 7) is 6.99. The van der Waals surface area contributed by atoms with Gasteiger partial charge >= 0.3 is 11.9 Å². The lowest BCUT2D eigenvalue weighted by molar-refractivity contribution is -0.147. The molecule has 2 aromatic carbocycles. The molecular formula is C25H30N2O6. The molecule has 0 heterocycles. The Hall–Kier alpha value is -3.68. The largest absolute Gasteiger partial charge is 0.459 e. The Kier molecular flexibility index (Phi) is 9.60. The fourth-order valence-corrected chi connectivity index (χ4v) is 2.95. The maximum atomic E-state index is 12.1. The standard InChI is InChI=1S/C25H30N2O6/c1-16(2)33-25(31)19-9-11-20(12-10-19)26-22(28)6-5-7-24(30)32-15-23(29)27-21-13-8-17(3)14-18(21)4/h8-14,16H,5-7,15H2,1-4H3,(H,26,28)(H,27,29). The number of hydrogen-bond acceptors (Lipinski definition) is 6. The number of ether oxygens (including phenoxy) is 2. The molecule has 0 radical (unpaired) electrons. The van der Waals surface area contributed by atoms with Crippen LogP contribution in [-0.4, -0.2) is 36.5 Å². The SMILES string of the molecule is Cc1ccc(NC(=O)COC(=O)CCCC(=O)Nc2ccc(C(=O)OC(C)C)cc2)c(C)c1. The van der Waals surface area contributed by atoms with E-state index < -0.39 is 17.8 Å². The zero-order chi connectivity index (χ0) is 24.4. The van der Waals surface area contributed by atoms with E-state index in [1.807, 2.05) is 26.0 Å². The summed E-state index contributed by atoms with van der Waals surface area (Å²) >= 11 is 0. The molecule has 2 aromatic rings. The Morgan fingerprint density at radius 3 is 2.21 bits per heavy atom. The van der Waals surface area contributed by atoms with Gasteiger partial charge in [-0.3, -0.25) is 14.4 Å². The van der Waals surface area contributed by atoms with E-state index in [2.05, 4.69) is 10.6 Å². The van der Waals surface area contributed by atoms with Crippen molar-refractivity contribution in [1.29, 1.82) is 0 Å². The van der Waals surface area contributed by atoms with E-state index in [1.165, 1.54) is 0 Å². The van der Waals surface area contributed by atoms with Gasteiger partial charge in [0.25, 0.3) is 5.91 Å². The average molecular weight is 455 g/mol. The number of rotatable bonds is 10. The van der Waals surface area contributed by atoms with E-state index >= 15 is 0 Å². The first kappa shape index (κ1) is 25.6. The molecule has 0 aliphatic rings. The third-order valence-electron chi connectivity index (χ3n) is 4.55. The van der Waals surface area contributed by atoms with Gasteiger partial charge in [0.05, 0.1) is 11.7 Å². The van der Waals surface area contributed by atoms with Crippen molar-refractivity contribution in [2.45, 2.75) is 53.1 Å². The molecule has 0 aliphatic heterocycles. The molecule has 0 aliphatic carbocycles. The summed E-state index contributed by atoms with van der Waals surface area (Å²) in [6, 6.07) is 12.0. The van der Waals surface area contributed by atoms with Crippen molar-refractivity contribution in [2.24, 2.45) is 0 Å². The quantitative estimate of drug-likeness (QED) is 0.522. The summed E-state index contributed by atoms with van der Waals surface area (Å²) in [5, 5.41) is 5.41. The highest BCUT2D eigenvalue weighted by Gasteiger charge is 2.12. The molecule has 0 unspecified atom stereocenters. The van der Waals surface area contributed by atoms with E-state index in [1.54, 1.807) is 44.2 Å². The highest BCUT2D eigenvalue weighted by atomic mass is 16.5. The van der Waals surface area contributed by atoms with Gasteiger partial charge in [0, 0.05) is 24.2 Å². The number of carbonyl (C=O) groups excluding carboxylic acids is 4. The van der Waals surface area contributed by atoms with Crippen LogP contribution in [0.25, 0.3) is 0 Å². The van der Waals surface area contributed by atoms with Crippen molar-refractivity contribution in [3.8, 4) is 0 Å². The van der Waals surface area contributed by atoms with Crippen LogP contribution in [-0.2, 0) is 23.9 Å². The van der Waals surface area contributed by atoms with Gasteiger partial charge < -0.3 is 20.1 Å². The average Bonchev–Trinajstić information content (AvgIpc) is 2.74. The number of nitrogens with one attached hydrogen (secondary N) is 2. The molecular weight excluding hydrogens is 424 g/mol.